The minimum atomic E-state index is -0.695. The average Bonchev–Trinajstić information content (AvgIpc) is 3.21. The lowest BCUT2D eigenvalue weighted by molar-refractivity contribution is -0.111. The largest absolute Gasteiger partial charge is 0.493 e. The van der Waals surface area contributed by atoms with Gasteiger partial charge in [-0.2, -0.15) is 0 Å². The monoisotopic (exact) mass is 442 g/mol. The molecule has 1 aromatic heterocycles. The normalized spacial score (nSPS) is 10.8. The first-order chi connectivity index (χ1) is 14.4. The molecular formula is C22H19ClN2O4S. The van der Waals surface area contributed by atoms with Gasteiger partial charge < -0.3 is 20.5 Å². The number of nitrogens with two attached hydrogens (primary N) is 1. The Morgan fingerprint density at radius 2 is 1.80 bits per heavy atom. The zero-order valence-electron chi connectivity index (χ0n) is 16.3. The lowest BCUT2D eigenvalue weighted by Gasteiger charge is -2.13. The number of hydrogen-bond acceptors (Lipinski definition) is 5. The second-order valence-corrected chi connectivity index (χ2v) is 7.70. The van der Waals surface area contributed by atoms with E-state index in [-0.39, 0.29) is 11.3 Å². The third-order valence-electron chi connectivity index (χ3n) is 4.18. The number of carbonyl (C=O) groups is 2. The number of ether oxygens (including phenoxy) is 2. The number of halogens is 1. The zero-order chi connectivity index (χ0) is 21.7. The molecule has 0 bridgehead atoms. The van der Waals surface area contributed by atoms with Crippen molar-refractivity contribution in [1.29, 1.82) is 0 Å². The summed E-state index contributed by atoms with van der Waals surface area (Å²) in [5, 5.41) is 3.32. The minimum Gasteiger partial charge on any atom is -0.493 e. The summed E-state index contributed by atoms with van der Waals surface area (Å²) in [6.45, 7) is 0. The van der Waals surface area contributed by atoms with Crippen LogP contribution in [0.4, 0.5) is 5.69 Å². The Balaban J connectivity index is 1.77. The molecule has 0 saturated carbocycles. The first-order valence-corrected chi connectivity index (χ1v) is 10.0. The van der Waals surface area contributed by atoms with E-state index < -0.39 is 11.8 Å². The molecule has 0 atom stereocenters. The number of thiophene rings is 1. The van der Waals surface area contributed by atoms with Gasteiger partial charge in [-0.05, 0) is 42.0 Å². The highest BCUT2D eigenvalue weighted by Crippen LogP contribution is 2.33. The Labute approximate surface area is 182 Å². The molecule has 3 N–H and O–H groups in total. The number of primary amides is 1. The molecular weight excluding hydrogens is 424 g/mol. The summed E-state index contributed by atoms with van der Waals surface area (Å²) in [5.74, 6) is -0.403. The van der Waals surface area contributed by atoms with Gasteiger partial charge in [-0.25, -0.2) is 0 Å². The van der Waals surface area contributed by atoms with Gasteiger partial charge >= 0.3 is 0 Å². The molecule has 8 heteroatoms. The van der Waals surface area contributed by atoms with Gasteiger partial charge in [-0.15, -0.1) is 11.3 Å². The summed E-state index contributed by atoms with van der Waals surface area (Å²) in [7, 11) is 2.91. The van der Waals surface area contributed by atoms with E-state index in [1.165, 1.54) is 43.8 Å². The van der Waals surface area contributed by atoms with Crippen molar-refractivity contribution in [1.82, 2.24) is 0 Å². The van der Waals surface area contributed by atoms with Crippen LogP contribution in [-0.4, -0.2) is 26.0 Å². The highest BCUT2D eigenvalue weighted by molar-refractivity contribution is 7.16. The second kappa shape index (κ2) is 9.47. The van der Waals surface area contributed by atoms with E-state index in [2.05, 4.69) is 5.32 Å². The van der Waals surface area contributed by atoms with Gasteiger partial charge in [0.25, 0.3) is 5.91 Å². The number of rotatable bonds is 7. The molecule has 30 heavy (non-hydrogen) atoms. The van der Waals surface area contributed by atoms with Crippen LogP contribution in [0, 0.1) is 0 Å². The van der Waals surface area contributed by atoms with E-state index in [1.54, 1.807) is 6.08 Å². The number of hydrogen-bond donors (Lipinski definition) is 2. The fourth-order valence-electron chi connectivity index (χ4n) is 2.76. The fraction of sp³-hybridized carbons (Fsp3) is 0.0909. The number of methoxy groups -OCH3 is 2. The van der Waals surface area contributed by atoms with E-state index >= 15 is 0 Å². The number of benzene rings is 2. The Morgan fingerprint density at radius 3 is 2.47 bits per heavy atom. The molecule has 0 fully saturated rings. The molecule has 0 aliphatic rings. The van der Waals surface area contributed by atoms with Crippen LogP contribution in [0.25, 0.3) is 16.5 Å². The lowest BCUT2D eigenvalue weighted by Crippen LogP contribution is -2.17. The summed E-state index contributed by atoms with van der Waals surface area (Å²) >= 11 is 7.57. The van der Waals surface area contributed by atoms with Crippen molar-refractivity contribution in [3.05, 3.63) is 70.1 Å². The quantitative estimate of drug-likeness (QED) is 0.512. The van der Waals surface area contributed by atoms with Gasteiger partial charge in [0.2, 0.25) is 5.91 Å². The van der Waals surface area contributed by atoms with E-state index in [0.717, 1.165) is 15.3 Å². The third-order valence-corrected chi connectivity index (χ3v) is 5.52. The highest BCUT2D eigenvalue weighted by Gasteiger charge is 2.16. The van der Waals surface area contributed by atoms with Crippen LogP contribution < -0.4 is 20.5 Å². The summed E-state index contributed by atoms with van der Waals surface area (Å²) in [6, 6.07) is 14.4. The Morgan fingerprint density at radius 1 is 1.07 bits per heavy atom. The molecule has 3 rings (SSSR count). The number of anilines is 1. The third kappa shape index (κ3) is 5.00. The van der Waals surface area contributed by atoms with Crippen molar-refractivity contribution in [2.24, 2.45) is 5.73 Å². The summed E-state index contributed by atoms with van der Waals surface area (Å²) in [5.41, 5.74) is 6.79. The average molecular weight is 443 g/mol. The minimum absolute atomic E-state index is 0.119. The first kappa shape index (κ1) is 21.4. The molecule has 0 aliphatic heterocycles. The highest BCUT2D eigenvalue weighted by atomic mass is 35.5. The Bertz CT molecular complexity index is 1120. The van der Waals surface area contributed by atoms with Gasteiger partial charge in [0.05, 0.1) is 25.5 Å². The molecule has 3 aromatic rings. The van der Waals surface area contributed by atoms with Gasteiger partial charge in [0.1, 0.15) is 0 Å². The summed E-state index contributed by atoms with van der Waals surface area (Å²) in [4.78, 5) is 26.1. The van der Waals surface area contributed by atoms with Crippen LogP contribution in [0.1, 0.15) is 15.2 Å². The summed E-state index contributed by atoms with van der Waals surface area (Å²) in [6.07, 6.45) is 3.08. The number of carbonyl (C=O) groups excluding carboxylic acids is 2. The van der Waals surface area contributed by atoms with Gasteiger partial charge in [-0.3, -0.25) is 9.59 Å². The van der Waals surface area contributed by atoms with E-state index in [0.29, 0.717) is 16.5 Å². The van der Waals surface area contributed by atoms with Gasteiger partial charge in [0, 0.05) is 26.9 Å². The molecule has 1 heterocycles. The van der Waals surface area contributed by atoms with E-state index in [1.807, 2.05) is 36.4 Å². The van der Waals surface area contributed by atoms with Gasteiger partial charge in [0.15, 0.2) is 11.5 Å². The zero-order valence-corrected chi connectivity index (χ0v) is 17.8. The standard InChI is InChI=1S/C22H19ClN2O4S/c1-28-18-11-16(22(24)27)17(12-19(18)29-2)25-21(26)9-7-15-6-8-20(30-15)13-4-3-5-14(23)10-13/h3-12H,1-2H3,(H2,24,27)(H,25,26). The van der Waals surface area contributed by atoms with E-state index in [9.17, 15) is 9.59 Å². The molecule has 0 radical (unpaired) electrons. The first-order valence-electron chi connectivity index (χ1n) is 8.82. The number of amides is 2. The predicted octanol–water partition coefficient (Wildman–Crippen LogP) is 4.84. The SMILES string of the molecule is COc1cc(NC(=O)C=Cc2ccc(-c3cccc(Cl)c3)s2)c(C(N)=O)cc1OC. The predicted molar refractivity (Wildman–Crippen MR) is 120 cm³/mol. The lowest BCUT2D eigenvalue weighted by atomic mass is 10.1. The second-order valence-electron chi connectivity index (χ2n) is 6.15. The van der Waals surface area contributed by atoms with Crippen molar-refractivity contribution in [2.75, 3.05) is 19.5 Å². The van der Waals surface area contributed by atoms with Crippen LogP contribution >= 0.6 is 22.9 Å². The topological polar surface area (TPSA) is 90.6 Å². The molecule has 0 spiro atoms. The maximum atomic E-state index is 12.4. The van der Waals surface area contributed by atoms with Crippen LogP contribution in [0.5, 0.6) is 11.5 Å². The van der Waals surface area contributed by atoms with E-state index in [4.69, 9.17) is 26.8 Å². The smallest absolute Gasteiger partial charge is 0.250 e. The van der Waals surface area contributed by atoms with Crippen molar-refractivity contribution in [3.63, 3.8) is 0 Å². The Kier molecular flexibility index (Phi) is 6.76. The molecule has 2 amide bonds. The molecule has 0 aliphatic carbocycles. The maximum Gasteiger partial charge on any atom is 0.250 e. The van der Waals surface area contributed by atoms with Crippen LogP contribution in [0.15, 0.2) is 54.6 Å². The fourth-order valence-corrected chi connectivity index (χ4v) is 3.86. The van der Waals surface area contributed by atoms with Crippen LogP contribution in [0.3, 0.4) is 0 Å². The van der Waals surface area contributed by atoms with Crippen molar-refractivity contribution in [3.8, 4) is 21.9 Å². The molecule has 2 aromatic carbocycles. The number of nitrogens with one attached hydrogen (secondary N) is 1. The maximum absolute atomic E-state index is 12.4. The van der Waals surface area contributed by atoms with Crippen molar-refractivity contribution in [2.45, 2.75) is 0 Å². The van der Waals surface area contributed by atoms with Crippen molar-refractivity contribution >= 4 is 46.5 Å². The molecule has 6 nitrogen and oxygen atoms in total. The van der Waals surface area contributed by atoms with Crippen LogP contribution in [0.2, 0.25) is 5.02 Å². The van der Waals surface area contributed by atoms with Crippen molar-refractivity contribution < 1.29 is 19.1 Å². The molecule has 0 unspecified atom stereocenters. The van der Waals surface area contributed by atoms with Crippen LogP contribution in [-0.2, 0) is 4.79 Å². The van der Waals surface area contributed by atoms with Gasteiger partial charge in [-0.1, -0.05) is 23.7 Å². The molecule has 154 valence electrons. The summed E-state index contributed by atoms with van der Waals surface area (Å²) < 4.78 is 10.4. The Hall–Kier alpha value is -3.29. The molecule has 0 saturated heterocycles.